The van der Waals surface area contributed by atoms with E-state index in [1.807, 2.05) is 36.4 Å². The lowest BCUT2D eigenvalue weighted by atomic mass is 9.85. The third kappa shape index (κ3) is 2.36. The SMILES string of the molecule is CCCCCN1C(=O)OC2(COc3cc4c(cc32)OCO4)c2ccccc21. The van der Waals surface area contributed by atoms with Gasteiger partial charge >= 0.3 is 6.09 Å². The van der Waals surface area contributed by atoms with E-state index in [4.69, 9.17) is 18.9 Å². The van der Waals surface area contributed by atoms with Crippen molar-refractivity contribution < 1.29 is 23.7 Å². The summed E-state index contributed by atoms with van der Waals surface area (Å²) >= 11 is 0. The van der Waals surface area contributed by atoms with Crippen molar-refractivity contribution in [1.29, 1.82) is 0 Å². The largest absolute Gasteiger partial charge is 0.488 e. The monoisotopic (exact) mass is 367 g/mol. The molecule has 0 saturated heterocycles. The number of anilines is 1. The molecule has 0 bridgehead atoms. The molecule has 27 heavy (non-hydrogen) atoms. The number of hydrogen-bond donors (Lipinski definition) is 0. The van der Waals surface area contributed by atoms with Gasteiger partial charge in [0.1, 0.15) is 12.4 Å². The Labute approximate surface area is 157 Å². The predicted molar refractivity (Wildman–Crippen MR) is 98.6 cm³/mol. The number of unbranched alkanes of at least 4 members (excludes halogenated alkanes) is 2. The van der Waals surface area contributed by atoms with Crippen LogP contribution in [0.1, 0.15) is 37.3 Å². The van der Waals surface area contributed by atoms with Crippen LogP contribution in [0.2, 0.25) is 0 Å². The van der Waals surface area contributed by atoms with Crippen LogP contribution in [0.25, 0.3) is 0 Å². The lowest BCUT2D eigenvalue weighted by Gasteiger charge is -2.39. The highest BCUT2D eigenvalue weighted by Gasteiger charge is 2.52. The van der Waals surface area contributed by atoms with Crippen molar-refractivity contribution in [2.45, 2.75) is 31.8 Å². The Morgan fingerprint density at radius 1 is 1.00 bits per heavy atom. The molecule has 6 nitrogen and oxygen atoms in total. The normalized spacial score (nSPS) is 21.7. The molecule has 1 spiro atoms. The molecule has 2 aromatic rings. The quantitative estimate of drug-likeness (QED) is 0.758. The fourth-order valence-corrected chi connectivity index (χ4v) is 4.06. The van der Waals surface area contributed by atoms with E-state index < -0.39 is 5.60 Å². The third-order valence-electron chi connectivity index (χ3n) is 5.44. The first-order valence-electron chi connectivity index (χ1n) is 9.40. The second-order valence-corrected chi connectivity index (χ2v) is 7.06. The van der Waals surface area contributed by atoms with E-state index >= 15 is 0 Å². The average Bonchev–Trinajstić information content (AvgIpc) is 3.28. The standard InChI is InChI=1S/C21H21NO5/c1-2-3-6-9-22-16-8-5-4-7-14(16)21(27-20(22)23)12-24-17-11-19-18(10-15(17)21)25-13-26-19/h4-5,7-8,10-11H,2-3,6,9,12-13H2,1H3. The zero-order valence-corrected chi connectivity index (χ0v) is 15.2. The van der Waals surface area contributed by atoms with Crippen LogP contribution in [0.4, 0.5) is 10.5 Å². The molecule has 140 valence electrons. The molecule has 3 aliphatic heterocycles. The Balaban J connectivity index is 1.61. The molecule has 0 aliphatic carbocycles. The number of nitrogens with zero attached hydrogens (tertiary/aromatic N) is 1. The summed E-state index contributed by atoms with van der Waals surface area (Å²) in [6, 6.07) is 11.6. The fourth-order valence-electron chi connectivity index (χ4n) is 4.06. The maximum absolute atomic E-state index is 12.9. The van der Waals surface area contributed by atoms with Crippen molar-refractivity contribution in [3.63, 3.8) is 0 Å². The molecule has 1 unspecified atom stereocenters. The van der Waals surface area contributed by atoms with Gasteiger partial charge in [-0.15, -0.1) is 0 Å². The van der Waals surface area contributed by atoms with E-state index in [-0.39, 0.29) is 19.5 Å². The lowest BCUT2D eigenvalue weighted by molar-refractivity contribution is 0.0220. The number of rotatable bonds is 4. The fraction of sp³-hybridized carbons (Fsp3) is 0.381. The van der Waals surface area contributed by atoms with Gasteiger partial charge in [-0.25, -0.2) is 4.79 Å². The van der Waals surface area contributed by atoms with E-state index in [0.717, 1.165) is 36.1 Å². The number of hydrogen-bond acceptors (Lipinski definition) is 5. The summed E-state index contributed by atoms with van der Waals surface area (Å²) in [4.78, 5) is 14.7. The van der Waals surface area contributed by atoms with Gasteiger partial charge in [0, 0.05) is 23.7 Å². The first kappa shape index (κ1) is 16.3. The van der Waals surface area contributed by atoms with Crippen LogP contribution in [0.15, 0.2) is 36.4 Å². The van der Waals surface area contributed by atoms with Gasteiger partial charge in [0.2, 0.25) is 12.4 Å². The van der Waals surface area contributed by atoms with Crippen molar-refractivity contribution in [1.82, 2.24) is 0 Å². The van der Waals surface area contributed by atoms with Crippen molar-refractivity contribution in [2.75, 3.05) is 24.8 Å². The van der Waals surface area contributed by atoms with E-state index in [1.165, 1.54) is 0 Å². The number of benzene rings is 2. The summed E-state index contributed by atoms with van der Waals surface area (Å²) in [5.74, 6) is 1.97. The zero-order chi connectivity index (χ0) is 18.4. The van der Waals surface area contributed by atoms with Gasteiger partial charge in [-0.2, -0.15) is 0 Å². The Hall–Kier alpha value is -2.89. The van der Waals surface area contributed by atoms with E-state index in [0.29, 0.717) is 23.8 Å². The molecule has 6 heteroatoms. The first-order valence-corrected chi connectivity index (χ1v) is 9.40. The summed E-state index contributed by atoms with van der Waals surface area (Å²) in [5.41, 5.74) is 1.68. The van der Waals surface area contributed by atoms with Crippen LogP contribution in [0, 0.1) is 0 Å². The molecule has 5 rings (SSSR count). The molecule has 3 aliphatic rings. The molecule has 1 amide bonds. The van der Waals surface area contributed by atoms with Gasteiger partial charge in [0.15, 0.2) is 11.5 Å². The first-order chi connectivity index (χ1) is 13.2. The van der Waals surface area contributed by atoms with Gasteiger partial charge in [-0.1, -0.05) is 38.0 Å². The van der Waals surface area contributed by atoms with Gasteiger partial charge in [-0.3, -0.25) is 4.90 Å². The zero-order valence-electron chi connectivity index (χ0n) is 15.2. The minimum Gasteiger partial charge on any atom is -0.488 e. The molecular formula is C21H21NO5. The highest BCUT2D eigenvalue weighted by Crippen LogP contribution is 2.53. The number of ether oxygens (including phenoxy) is 4. The van der Waals surface area contributed by atoms with Crippen LogP contribution < -0.4 is 19.1 Å². The number of carbonyl (C=O) groups excluding carboxylic acids is 1. The minimum atomic E-state index is -0.953. The molecule has 0 radical (unpaired) electrons. The number of fused-ring (bicyclic) bond motifs is 5. The molecule has 0 N–H and O–H groups in total. The van der Waals surface area contributed by atoms with E-state index in [1.54, 1.807) is 4.90 Å². The molecule has 2 aromatic carbocycles. The smallest absolute Gasteiger partial charge is 0.415 e. The Morgan fingerprint density at radius 2 is 1.81 bits per heavy atom. The topological polar surface area (TPSA) is 57.2 Å². The molecule has 0 aromatic heterocycles. The van der Waals surface area contributed by atoms with Crippen LogP contribution in [0.5, 0.6) is 17.2 Å². The highest BCUT2D eigenvalue weighted by atomic mass is 16.7. The predicted octanol–water partition coefficient (Wildman–Crippen LogP) is 4.20. The summed E-state index contributed by atoms with van der Waals surface area (Å²) in [6.45, 7) is 3.23. The van der Waals surface area contributed by atoms with Crippen LogP contribution in [0.3, 0.4) is 0 Å². The van der Waals surface area contributed by atoms with Gasteiger partial charge in [0.05, 0.1) is 5.69 Å². The average molecular weight is 367 g/mol. The van der Waals surface area contributed by atoms with Crippen molar-refractivity contribution in [3.05, 3.63) is 47.5 Å². The van der Waals surface area contributed by atoms with Crippen molar-refractivity contribution in [2.24, 2.45) is 0 Å². The van der Waals surface area contributed by atoms with Gasteiger partial charge < -0.3 is 18.9 Å². The van der Waals surface area contributed by atoms with E-state index in [2.05, 4.69) is 6.92 Å². The van der Waals surface area contributed by atoms with Crippen molar-refractivity contribution in [3.8, 4) is 17.2 Å². The maximum atomic E-state index is 12.9. The summed E-state index contributed by atoms with van der Waals surface area (Å²) < 4.78 is 23.0. The number of para-hydroxylation sites is 1. The van der Waals surface area contributed by atoms with Crippen LogP contribution in [-0.4, -0.2) is 26.0 Å². The van der Waals surface area contributed by atoms with Crippen LogP contribution >= 0.6 is 0 Å². The third-order valence-corrected chi connectivity index (χ3v) is 5.44. The number of amides is 1. The summed E-state index contributed by atoms with van der Waals surface area (Å²) in [7, 11) is 0. The van der Waals surface area contributed by atoms with Crippen LogP contribution in [-0.2, 0) is 10.3 Å². The molecular weight excluding hydrogens is 346 g/mol. The van der Waals surface area contributed by atoms with Crippen molar-refractivity contribution >= 4 is 11.8 Å². The summed E-state index contributed by atoms with van der Waals surface area (Å²) in [6.07, 6.45) is 2.78. The summed E-state index contributed by atoms with van der Waals surface area (Å²) in [5, 5.41) is 0. The number of carbonyl (C=O) groups is 1. The Morgan fingerprint density at radius 3 is 2.67 bits per heavy atom. The van der Waals surface area contributed by atoms with E-state index in [9.17, 15) is 4.79 Å². The molecule has 3 heterocycles. The maximum Gasteiger partial charge on any atom is 0.415 e. The van der Waals surface area contributed by atoms with Gasteiger partial charge in [-0.05, 0) is 18.6 Å². The second kappa shape index (κ2) is 6.08. The Kier molecular flexibility index (Phi) is 3.67. The molecule has 1 atom stereocenters. The highest BCUT2D eigenvalue weighted by molar-refractivity contribution is 5.92. The minimum absolute atomic E-state index is 0.187. The second-order valence-electron chi connectivity index (χ2n) is 7.06. The lowest BCUT2D eigenvalue weighted by Crippen LogP contribution is -2.48. The Bertz CT molecular complexity index is 911. The molecule has 0 saturated carbocycles. The molecule has 0 fully saturated rings. The van der Waals surface area contributed by atoms with Gasteiger partial charge in [0.25, 0.3) is 0 Å².